The second-order valence-corrected chi connectivity index (χ2v) is 6.20. The second-order valence-electron chi connectivity index (χ2n) is 5.79. The lowest BCUT2D eigenvalue weighted by molar-refractivity contribution is -0.119. The third-order valence-electron chi connectivity index (χ3n) is 4.09. The van der Waals surface area contributed by atoms with Gasteiger partial charge in [-0.2, -0.15) is 5.10 Å². The van der Waals surface area contributed by atoms with E-state index < -0.39 is 0 Å². The van der Waals surface area contributed by atoms with Gasteiger partial charge in [-0.1, -0.05) is 17.7 Å². The van der Waals surface area contributed by atoms with Crippen LogP contribution in [0.1, 0.15) is 17.0 Å². The number of halogens is 1. The van der Waals surface area contributed by atoms with Gasteiger partial charge in [-0.25, -0.2) is 0 Å². The first-order valence-electron chi connectivity index (χ1n) is 7.31. The zero-order valence-corrected chi connectivity index (χ0v) is 13.4. The largest absolute Gasteiger partial charge is 0.324 e. The van der Waals surface area contributed by atoms with Gasteiger partial charge in [0.05, 0.1) is 22.8 Å². The molecule has 1 aliphatic heterocycles. The van der Waals surface area contributed by atoms with Crippen LogP contribution >= 0.6 is 11.6 Å². The summed E-state index contributed by atoms with van der Waals surface area (Å²) in [7, 11) is 1.88. The molecule has 3 rings (SSSR count). The monoisotopic (exact) mass is 318 g/mol. The van der Waals surface area contributed by atoms with E-state index >= 15 is 0 Å². The van der Waals surface area contributed by atoms with Crippen molar-refractivity contribution in [3.8, 4) is 0 Å². The third-order valence-corrected chi connectivity index (χ3v) is 4.40. The van der Waals surface area contributed by atoms with Crippen LogP contribution in [0.5, 0.6) is 0 Å². The molecule has 2 aromatic rings. The molecule has 0 saturated carbocycles. The lowest BCUT2D eigenvalue weighted by Crippen LogP contribution is -2.28. The average molecular weight is 319 g/mol. The normalized spacial score (nSPS) is 21.0. The fourth-order valence-corrected chi connectivity index (χ4v) is 3.17. The molecule has 1 saturated heterocycles. The standard InChI is InChI=1S/C16H19ClN4O/c1-10-3-4-15(14(17)5-10)20-16(22)13-8-18-7-12(13)11-6-19-21(2)9-11/h3-6,9,12-13,18H,7-8H2,1-2H3,(H,20,22)/t12-,13+/m1/s1. The van der Waals surface area contributed by atoms with Crippen molar-refractivity contribution in [1.82, 2.24) is 15.1 Å². The van der Waals surface area contributed by atoms with E-state index in [0.717, 1.165) is 17.7 Å². The molecule has 1 fully saturated rings. The smallest absolute Gasteiger partial charge is 0.229 e. The molecule has 0 bridgehead atoms. The molecule has 1 aromatic heterocycles. The van der Waals surface area contributed by atoms with Gasteiger partial charge in [-0.15, -0.1) is 0 Å². The summed E-state index contributed by atoms with van der Waals surface area (Å²) in [4.78, 5) is 12.6. The first-order valence-corrected chi connectivity index (χ1v) is 7.68. The number of hydrogen-bond donors (Lipinski definition) is 2. The van der Waals surface area contributed by atoms with Gasteiger partial charge in [0.2, 0.25) is 5.91 Å². The Morgan fingerprint density at radius 2 is 2.27 bits per heavy atom. The number of carbonyl (C=O) groups excluding carboxylic acids is 1. The number of carbonyl (C=O) groups is 1. The van der Waals surface area contributed by atoms with Crippen molar-refractivity contribution in [3.63, 3.8) is 0 Å². The van der Waals surface area contributed by atoms with Gasteiger partial charge in [0.25, 0.3) is 0 Å². The zero-order valence-electron chi connectivity index (χ0n) is 12.6. The summed E-state index contributed by atoms with van der Waals surface area (Å²) in [5.74, 6) is 0.00380. The van der Waals surface area contributed by atoms with Crippen LogP contribution < -0.4 is 10.6 Å². The maximum atomic E-state index is 12.6. The van der Waals surface area contributed by atoms with Gasteiger partial charge in [0.15, 0.2) is 0 Å². The van der Waals surface area contributed by atoms with E-state index in [4.69, 9.17) is 11.6 Å². The average Bonchev–Trinajstić information content (AvgIpc) is 3.10. The summed E-state index contributed by atoms with van der Waals surface area (Å²) in [6.07, 6.45) is 3.80. The molecule has 2 N–H and O–H groups in total. The SMILES string of the molecule is Cc1ccc(NC(=O)[C@H]2CNC[C@@H]2c2cnn(C)c2)c(Cl)c1. The minimum Gasteiger partial charge on any atom is -0.324 e. The van der Waals surface area contributed by atoms with Crippen molar-refractivity contribution in [1.29, 1.82) is 0 Å². The first-order chi connectivity index (χ1) is 10.5. The van der Waals surface area contributed by atoms with Crippen molar-refractivity contribution in [3.05, 3.63) is 46.7 Å². The minimum absolute atomic E-state index is 0.00962. The lowest BCUT2D eigenvalue weighted by atomic mass is 9.90. The van der Waals surface area contributed by atoms with Gasteiger partial charge in [0.1, 0.15) is 0 Å². The maximum absolute atomic E-state index is 12.6. The highest BCUT2D eigenvalue weighted by atomic mass is 35.5. The molecule has 2 atom stereocenters. The van der Waals surface area contributed by atoms with Gasteiger partial charge in [0, 0.05) is 32.3 Å². The molecule has 116 valence electrons. The number of amides is 1. The highest BCUT2D eigenvalue weighted by Crippen LogP contribution is 2.30. The number of anilines is 1. The highest BCUT2D eigenvalue weighted by molar-refractivity contribution is 6.33. The first kappa shape index (κ1) is 15.1. The van der Waals surface area contributed by atoms with E-state index in [1.165, 1.54) is 0 Å². The number of hydrogen-bond acceptors (Lipinski definition) is 3. The molecule has 1 amide bonds. The Morgan fingerprint density at radius 3 is 2.95 bits per heavy atom. The summed E-state index contributed by atoms with van der Waals surface area (Å²) >= 11 is 6.19. The fraction of sp³-hybridized carbons (Fsp3) is 0.375. The highest BCUT2D eigenvalue weighted by Gasteiger charge is 2.34. The Kier molecular flexibility index (Phi) is 4.18. The molecule has 22 heavy (non-hydrogen) atoms. The van der Waals surface area contributed by atoms with Crippen LogP contribution in [-0.4, -0.2) is 28.8 Å². The van der Waals surface area contributed by atoms with Crippen LogP contribution in [0.15, 0.2) is 30.6 Å². The predicted molar refractivity (Wildman–Crippen MR) is 87.1 cm³/mol. The van der Waals surface area contributed by atoms with Crippen LogP contribution in [0.25, 0.3) is 0 Å². The molecule has 0 unspecified atom stereocenters. The Bertz CT molecular complexity index is 697. The van der Waals surface area contributed by atoms with Gasteiger partial charge < -0.3 is 10.6 Å². The number of nitrogens with one attached hydrogen (secondary N) is 2. The van der Waals surface area contributed by atoms with Crippen LogP contribution in [0.2, 0.25) is 5.02 Å². The predicted octanol–water partition coefficient (Wildman–Crippen LogP) is 2.32. The van der Waals surface area contributed by atoms with Crippen molar-refractivity contribution in [2.75, 3.05) is 18.4 Å². The molecule has 1 aromatic carbocycles. The van der Waals surface area contributed by atoms with Crippen LogP contribution in [0, 0.1) is 12.8 Å². The molecule has 0 spiro atoms. The second kappa shape index (κ2) is 6.10. The summed E-state index contributed by atoms with van der Waals surface area (Å²) in [6.45, 7) is 3.41. The number of aromatic nitrogens is 2. The van der Waals surface area contributed by atoms with Crippen LogP contribution in [-0.2, 0) is 11.8 Å². The Labute approximate surface area is 134 Å². The summed E-state index contributed by atoms with van der Waals surface area (Å²) < 4.78 is 1.76. The lowest BCUT2D eigenvalue weighted by Gasteiger charge is -2.17. The molecule has 2 heterocycles. The summed E-state index contributed by atoms with van der Waals surface area (Å²) in [5, 5.41) is 11.0. The number of nitrogens with zero attached hydrogens (tertiary/aromatic N) is 2. The minimum atomic E-state index is -0.124. The molecular formula is C16H19ClN4O. The Balaban J connectivity index is 1.76. The van der Waals surface area contributed by atoms with Gasteiger partial charge in [-0.05, 0) is 30.2 Å². The topological polar surface area (TPSA) is 59.0 Å². The Morgan fingerprint density at radius 1 is 1.45 bits per heavy atom. The zero-order chi connectivity index (χ0) is 15.7. The molecule has 6 heteroatoms. The van der Waals surface area contributed by atoms with Crippen LogP contribution in [0.3, 0.4) is 0 Å². The molecule has 5 nitrogen and oxygen atoms in total. The van der Waals surface area contributed by atoms with Gasteiger partial charge >= 0.3 is 0 Å². The third kappa shape index (κ3) is 3.00. The summed E-state index contributed by atoms with van der Waals surface area (Å²) in [5.41, 5.74) is 2.82. The van der Waals surface area contributed by atoms with Crippen molar-refractivity contribution in [2.24, 2.45) is 13.0 Å². The number of rotatable bonds is 3. The summed E-state index contributed by atoms with van der Waals surface area (Å²) in [6, 6.07) is 5.63. The molecule has 0 radical (unpaired) electrons. The quantitative estimate of drug-likeness (QED) is 0.913. The van der Waals surface area contributed by atoms with E-state index in [1.54, 1.807) is 4.68 Å². The van der Waals surface area contributed by atoms with E-state index in [0.29, 0.717) is 17.3 Å². The van der Waals surface area contributed by atoms with Crippen LogP contribution in [0.4, 0.5) is 5.69 Å². The Hall–Kier alpha value is -1.85. The van der Waals surface area contributed by atoms with E-state index in [9.17, 15) is 4.79 Å². The number of aryl methyl sites for hydroxylation is 2. The molecular weight excluding hydrogens is 300 g/mol. The van der Waals surface area contributed by atoms with Crippen molar-refractivity contribution in [2.45, 2.75) is 12.8 Å². The van der Waals surface area contributed by atoms with E-state index in [2.05, 4.69) is 15.7 Å². The van der Waals surface area contributed by atoms with E-state index in [1.807, 2.05) is 44.6 Å². The van der Waals surface area contributed by atoms with E-state index in [-0.39, 0.29) is 17.7 Å². The van der Waals surface area contributed by atoms with Gasteiger partial charge in [-0.3, -0.25) is 9.48 Å². The van der Waals surface area contributed by atoms with Crippen molar-refractivity contribution >= 4 is 23.2 Å². The molecule has 1 aliphatic rings. The number of benzene rings is 1. The van der Waals surface area contributed by atoms with Crippen molar-refractivity contribution < 1.29 is 4.79 Å². The maximum Gasteiger partial charge on any atom is 0.229 e. The molecule has 0 aliphatic carbocycles. The fourth-order valence-electron chi connectivity index (χ4n) is 2.88.